The SMILES string of the molecule is Cc1nccc(C(N)c2ccc(C)s2)n1. The Hall–Kier alpha value is -1.26. The zero-order valence-corrected chi connectivity index (χ0v) is 9.58. The van der Waals surface area contributed by atoms with Crippen molar-refractivity contribution < 1.29 is 0 Å². The van der Waals surface area contributed by atoms with Gasteiger partial charge in [0.05, 0.1) is 11.7 Å². The van der Waals surface area contributed by atoms with Crippen molar-refractivity contribution in [1.82, 2.24) is 9.97 Å². The molecule has 1 unspecified atom stereocenters. The number of nitrogens with zero attached hydrogens (tertiary/aromatic N) is 2. The molecule has 2 aromatic heterocycles. The van der Waals surface area contributed by atoms with Gasteiger partial charge in [-0.2, -0.15) is 0 Å². The first-order valence-electron chi connectivity index (χ1n) is 4.78. The number of hydrogen-bond donors (Lipinski definition) is 1. The van der Waals surface area contributed by atoms with Gasteiger partial charge in [0.25, 0.3) is 0 Å². The van der Waals surface area contributed by atoms with Crippen molar-refractivity contribution in [1.29, 1.82) is 0 Å². The molecule has 4 heteroatoms. The molecule has 0 radical (unpaired) electrons. The number of aryl methyl sites for hydroxylation is 2. The van der Waals surface area contributed by atoms with Crippen LogP contribution in [0.2, 0.25) is 0 Å². The number of aromatic nitrogens is 2. The van der Waals surface area contributed by atoms with E-state index in [4.69, 9.17) is 5.73 Å². The summed E-state index contributed by atoms with van der Waals surface area (Å²) in [6.45, 7) is 3.95. The van der Waals surface area contributed by atoms with Crippen LogP contribution in [0, 0.1) is 13.8 Å². The van der Waals surface area contributed by atoms with Gasteiger partial charge < -0.3 is 5.73 Å². The molecule has 0 amide bonds. The fourth-order valence-corrected chi connectivity index (χ4v) is 2.31. The molecular weight excluding hydrogens is 206 g/mol. The van der Waals surface area contributed by atoms with E-state index in [0.717, 1.165) is 16.4 Å². The van der Waals surface area contributed by atoms with Gasteiger partial charge in [-0.3, -0.25) is 0 Å². The van der Waals surface area contributed by atoms with Crippen LogP contribution in [0.1, 0.15) is 27.3 Å². The highest BCUT2D eigenvalue weighted by Crippen LogP contribution is 2.24. The van der Waals surface area contributed by atoms with Crippen LogP contribution >= 0.6 is 11.3 Å². The second-order valence-corrected chi connectivity index (χ2v) is 4.77. The molecule has 1 atom stereocenters. The molecule has 0 fully saturated rings. The molecule has 3 nitrogen and oxygen atoms in total. The van der Waals surface area contributed by atoms with Gasteiger partial charge in [0, 0.05) is 16.0 Å². The van der Waals surface area contributed by atoms with Crippen LogP contribution in [0.3, 0.4) is 0 Å². The summed E-state index contributed by atoms with van der Waals surface area (Å²) in [5.41, 5.74) is 7.00. The molecule has 0 saturated heterocycles. The van der Waals surface area contributed by atoms with Gasteiger partial charge in [-0.25, -0.2) is 9.97 Å². The van der Waals surface area contributed by atoms with Crippen molar-refractivity contribution in [3.8, 4) is 0 Å². The van der Waals surface area contributed by atoms with Crippen molar-refractivity contribution >= 4 is 11.3 Å². The largest absolute Gasteiger partial charge is 0.318 e. The van der Waals surface area contributed by atoms with Crippen molar-refractivity contribution in [2.45, 2.75) is 19.9 Å². The summed E-state index contributed by atoms with van der Waals surface area (Å²) in [5, 5.41) is 0. The van der Waals surface area contributed by atoms with E-state index in [0.29, 0.717) is 0 Å². The van der Waals surface area contributed by atoms with Gasteiger partial charge in [0.1, 0.15) is 5.82 Å². The Kier molecular flexibility index (Phi) is 2.79. The summed E-state index contributed by atoms with van der Waals surface area (Å²) >= 11 is 1.71. The van der Waals surface area contributed by atoms with Crippen molar-refractivity contribution in [2.75, 3.05) is 0 Å². The highest BCUT2D eigenvalue weighted by atomic mass is 32.1. The molecule has 0 bridgehead atoms. The maximum absolute atomic E-state index is 6.12. The summed E-state index contributed by atoms with van der Waals surface area (Å²) in [5.74, 6) is 0.760. The molecule has 15 heavy (non-hydrogen) atoms. The summed E-state index contributed by atoms with van der Waals surface area (Å²) in [6, 6.07) is 5.87. The van der Waals surface area contributed by atoms with Crippen LogP contribution in [0.25, 0.3) is 0 Å². The first kappa shape index (κ1) is 10.3. The molecule has 78 valence electrons. The highest BCUT2D eigenvalue weighted by molar-refractivity contribution is 7.12. The summed E-state index contributed by atoms with van der Waals surface area (Å²) in [7, 11) is 0. The Labute approximate surface area is 93.0 Å². The number of hydrogen-bond acceptors (Lipinski definition) is 4. The third-order valence-electron chi connectivity index (χ3n) is 2.18. The Morgan fingerprint density at radius 2 is 2.07 bits per heavy atom. The lowest BCUT2D eigenvalue weighted by Crippen LogP contribution is -2.12. The monoisotopic (exact) mass is 219 g/mol. The van der Waals surface area contributed by atoms with E-state index in [2.05, 4.69) is 29.0 Å². The van der Waals surface area contributed by atoms with Crippen LogP contribution in [0.4, 0.5) is 0 Å². The highest BCUT2D eigenvalue weighted by Gasteiger charge is 2.12. The second-order valence-electron chi connectivity index (χ2n) is 3.45. The maximum atomic E-state index is 6.12. The van der Waals surface area contributed by atoms with E-state index >= 15 is 0 Å². The Morgan fingerprint density at radius 1 is 1.27 bits per heavy atom. The molecule has 2 N–H and O–H groups in total. The molecule has 2 heterocycles. The zero-order chi connectivity index (χ0) is 10.8. The summed E-state index contributed by atoms with van der Waals surface area (Å²) < 4.78 is 0. The van der Waals surface area contributed by atoms with Gasteiger partial charge in [-0.05, 0) is 32.0 Å². The minimum absolute atomic E-state index is 0.134. The molecule has 0 saturated carbocycles. The molecule has 0 aliphatic carbocycles. The quantitative estimate of drug-likeness (QED) is 0.842. The first-order chi connectivity index (χ1) is 7.16. The van der Waals surface area contributed by atoms with Gasteiger partial charge in [-0.15, -0.1) is 11.3 Å². The van der Waals surface area contributed by atoms with E-state index in [9.17, 15) is 0 Å². The molecule has 2 aromatic rings. The third kappa shape index (κ3) is 2.22. The van der Waals surface area contributed by atoms with Crippen LogP contribution in [-0.4, -0.2) is 9.97 Å². The number of nitrogens with two attached hydrogens (primary N) is 1. The fraction of sp³-hybridized carbons (Fsp3) is 0.273. The van der Waals surface area contributed by atoms with E-state index in [-0.39, 0.29) is 6.04 Å². The van der Waals surface area contributed by atoms with E-state index < -0.39 is 0 Å². The molecular formula is C11H13N3S. The Balaban J connectivity index is 2.32. The van der Waals surface area contributed by atoms with Crippen LogP contribution in [0.15, 0.2) is 24.4 Å². The first-order valence-corrected chi connectivity index (χ1v) is 5.60. The van der Waals surface area contributed by atoms with Crippen molar-refractivity contribution in [3.63, 3.8) is 0 Å². The minimum atomic E-state index is -0.134. The number of rotatable bonds is 2. The lowest BCUT2D eigenvalue weighted by molar-refractivity contribution is 0.822. The van der Waals surface area contributed by atoms with Gasteiger partial charge in [0.15, 0.2) is 0 Å². The van der Waals surface area contributed by atoms with Crippen molar-refractivity contribution in [3.05, 3.63) is 45.7 Å². The molecule has 0 aliphatic heterocycles. The van der Waals surface area contributed by atoms with Gasteiger partial charge in [-0.1, -0.05) is 0 Å². The van der Waals surface area contributed by atoms with E-state index in [1.54, 1.807) is 17.5 Å². The Bertz CT molecular complexity index is 464. The molecule has 0 spiro atoms. The smallest absolute Gasteiger partial charge is 0.125 e. The predicted octanol–water partition coefficient (Wildman–Crippen LogP) is 2.20. The molecule has 0 aromatic carbocycles. The standard InChI is InChI=1S/C11H13N3S/c1-7-3-4-10(15-7)11(12)9-5-6-13-8(2)14-9/h3-6,11H,12H2,1-2H3. The van der Waals surface area contributed by atoms with Crippen molar-refractivity contribution in [2.24, 2.45) is 5.73 Å². The predicted molar refractivity (Wildman–Crippen MR) is 61.9 cm³/mol. The molecule has 0 aliphatic rings. The van der Waals surface area contributed by atoms with E-state index in [1.807, 2.05) is 13.0 Å². The zero-order valence-electron chi connectivity index (χ0n) is 8.77. The average Bonchev–Trinajstić information content (AvgIpc) is 2.64. The normalized spacial score (nSPS) is 12.7. The minimum Gasteiger partial charge on any atom is -0.318 e. The van der Waals surface area contributed by atoms with Crippen LogP contribution < -0.4 is 5.73 Å². The van der Waals surface area contributed by atoms with Gasteiger partial charge >= 0.3 is 0 Å². The molecule has 2 rings (SSSR count). The van der Waals surface area contributed by atoms with Crippen LogP contribution in [0.5, 0.6) is 0 Å². The maximum Gasteiger partial charge on any atom is 0.125 e. The lowest BCUT2D eigenvalue weighted by Gasteiger charge is -2.08. The van der Waals surface area contributed by atoms with Gasteiger partial charge in [0.2, 0.25) is 0 Å². The Morgan fingerprint density at radius 3 is 2.67 bits per heavy atom. The summed E-state index contributed by atoms with van der Waals surface area (Å²) in [4.78, 5) is 10.8. The third-order valence-corrected chi connectivity index (χ3v) is 3.27. The lowest BCUT2D eigenvalue weighted by atomic mass is 10.2. The second kappa shape index (κ2) is 4.08. The summed E-state index contributed by atoms with van der Waals surface area (Å²) in [6.07, 6.45) is 1.75. The fourth-order valence-electron chi connectivity index (χ4n) is 1.41. The van der Waals surface area contributed by atoms with Crippen LogP contribution in [-0.2, 0) is 0 Å². The van der Waals surface area contributed by atoms with E-state index in [1.165, 1.54) is 4.88 Å². The average molecular weight is 219 g/mol. The number of thiophene rings is 1. The topological polar surface area (TPSA) is 51.8 Å².